The molecule has 3 saturated carbocycles. The Morgan fingerprint density at radius 1 is 1.06 bits per heavy atom. The van der Waals surface area contributed by atoms with Crippen molar-refractivity contribution < 1.29 is 9.59 Å². The fourth-order valence-electron chi connectivity index (χ4n) is 7.90. The van der Waals surface area contributed by atoms with Crippen LogP contribution in [0, 0.1) is 34.5 Å². The normalized spacial score (nSPS) is 41.0. The quantitative estimate of drug-likeness (QED) is 0.711. The topological polar surface area (TPSA) is 49.4 Å². The molecule has 1 N–H and O–H groups in total. The molecule has 2 unspecified atom stereocenters. The molecule has 4 heteroatoms. The van der Waals surface area contributed by atoms with E-state index < -0.39 is 0 Å². The maximum absolute atomic E-state index is 13.7. The molecule has 1 aliphatic heterocycles. The second kappa shape index (κ2) is 7.21. The standard InChI is InChI=1S/C27H36N2O2/c1-26-14-12-21-19(8-11-23-27(21,2)15-13-24(30)28-23)20(26)9-10-22(26)25(31)17-6-5-7-18(16-17)29(3)4/h5-7,13,15-16,19-23H,8-12,14H2,1-4H3,(H,28,30)/t19-,20-,21+,22?,23?,26-,27+/m0/s1. The average molecular weight is 421 g/mol. The average Bonchev–Trinajstić information content (AvgIpc) is 3.11. The molecule has 3 aliphatic carbocycles. The van der Waals surface area contributed by atoms with Gasteiger partial charge in [0.05, 0.1) is 0 Å². The largest absolute Gasteiger partial charge is 0.378 e. The fourth-order valence-corrected chi connectivity index (χ4v) is 7.90. The van der Waals surface area contributed by atoms with Gasteiger partial charge in [0.15, 0.2) is 5.78 Å². The Morgan fingerprint density at radius 3 is 2.65 bits per heavy atom. The summed E-state index contributed by atoms with van der Waals surface area (Å²) in [6, 6.07) is 8.41. The molecule has 4 nitrogen and oxygen atoms in total. The predicted octanol–water partition coefficient (Wildman–Crippen LogP) is 4.85. The van der Waals surface area contributed by atoms with Crippen LogP contribution in [0.15, 0.2) is 36.4 Å². The number of Topliss-reactive ketones (excluding diaryl/α,β-unsaturated/α-hetero) is 1. The first-order valence-electron chi connectivity index (χ1n) is 12.1. The Labute approximate surface area is 186 Å². The van der Waals surface area contributed by atoms with Gasteiger partial charge in [0.25, 0.3) is 0 Å². The number of anilines is 1. The summed E-state index contributed by atoms with van der Waals surface area (Å²) in [7, 11) is 4.05. The van der Waals surface area contributed by atoms with E-state index in [1.165, 1.54) is 6.42 Å². The van der Waals surface area contributed by atoms with E-state index in [2.05, 4.69) is 42.3 Å². The van der Waals surface area contributed by atoms with Crippen LogP contribution in [-0.4, -0.2) is 31.8 Å². The minimum atomic E-state index is 0.0558. The summed E-state index contributed by atoms with van der Waals surface area (Å²) in [5.41, 5.74) is 2.11. The van der Waals surface area contributed by atoms with Crippen LogP contribution in [0.4, 0.5) is 5.69 Å². The zero-order chi connectivity index (χ0) is 22.0. The summed E-state index contributed by atoms with van der Waals surface area (Å²) in [6.45, 7) is 4.77. The lowest BCUT2D eigenvalue weighted by molar-refractivity contribution is -0.122. The highest BCUT2D eigenvalue weighted by molar-refractivity contribution is 5.99. The molecule has 0 aromatic heterocycles. The van der Waals surface area contributed by atoms with Crippen molar-refractivity contribution in [2.45, 2.75) is 58.4 Å². The molecule has 0 saturated heterocycles. The van der Waals surface area contributed by atoms with Crippen LogP contribution in [0.25, 0.3) is 0 Å². The monoisotopic (exact) mass is 420 g/mol. The minimum absolute atomic E-state index is 0.0558. The summed E-state index contributed by atoms with van der Waals surface area (Å²) >= 11 is 0. The van der Waals surface area contributed by atoms with Gasteiger partial charge < -0.3 is 10.2 Å². The van der Waals surface area contributed by atoms with Gasteiger partial charge in [0, 0.05) is 42.7 Å². The number of nitrogens with one attached hydrogen (secondary N) is 1. The third-order valence-electron chi connectivity index (χ3n) is 9.65. The predicted molar refractivity (Wildman–Crippen MR) is 124 cm³/mol. The Kier molecular flexibility index (Phi) is 4.84. The lowest BCUT2D eigenvalue weighted by atomic mass is 9.47. The third-order valence-corrected chi connectivity index (χ3v) is 9.65. The maximum atomic E-state index is 13.7. The fraction of sp³-hybridized carbons (Fsp3) is 0.630. The van der Waals surface area contributed by atoms with E-state index in [0.29, 0.717) is 23.5 Å². The van der Waals surface area contributed by atoms with Crippen LogP contribution in [0.1, 0.15) is 62.7 Å². The molecular formula is C27H36N2O2. The van der Waals surface area contributed by atoms with E-state index in [1.54, 1.807) is 6.08 Å². The molecule has 4 aliphatic rings. The van der Waals surface area contributed by atoms with Crippen LogP contribution in [0.2, 0.25) is 0 Å². The molecule has 5 rings (SSSR count). The van der Waals surface area contributed by atoms with Crippen LogP contribution >= 0.6 is 0 Å². The van der Waals surface area contributed by atoms with Gasteiger partial charge in [-0.3, -0.25) is 9.59 Å². The summed E-state index contributed by atoms with van der Waals surface area (Å²) in [5, 5.41) is 3.24. The number of carbonyl (C=O) groups excluding carboxylic acids is 2. The van der Waals surface area contributed by atoms with E-state index in [1.807, 2.05) is 26.2 Å². The van der Waals surface area contributed by atoms with Gasteiger partial charge in [-0.15, -0.1) is 0 Å². The number of fused-ring (bicyclic) bond motifs is 5. The van der Waals surface area contributed by atoms with Crippen molar-refractivity contribution in [3.05, 3.63) is 42.0 Å². The van der Waals surface area contributed by atoms with Crippen LogP contribution in [0.3, 0.4) is 0 Å². The van der Waals surface area contributed by atoms with Crippen molar-refractivity contribution in [3.63, 3.8) is 0 Å². The van der Waals surface area contributed by atoms with E-state index in [0.717, 1.165) is 43.4 Å². The van der Waals surface area contributed by atoms with Crippen molar-refractivity contribution in [2.75, 3.05) is 19.0 Å². The number of nitrogens with zero attached hydrogens (tertiary/aromatic N) is 1. The third kappa shape index (κ3) is 3.08. The number of ketones is 1. The molecule has 1 amide bonds. The zero-order valence-electron chi connectivity index (χ0n) is 19.4. The molecule has 1 heterocycles. The number of hydrogen-bond donors (Lipinski definition) is 1. The number of benzene rings is 1. The highest BCUT2D eigenvalue weighted by Crippen LogP contribution is 2.65. The van der Waals surface area contributed by atoms with Crippen LogP contribution in [0.5, 0.6) is 0 Å². The van der Waals surface area contributed by atoms with Crippen molar-refractivity contribution >= 4 is 17.4 Å². The Bertz CT molecular complexity index is 937. The molecule has 1 aromatic carbocycles. The summed E-state index contributed by atoms with van der Waals surface area (Å²) in [5.74, 6) is 2.41. The number of rotatable bonds is 3. The highest BCUT2D eigenvalue weighted by Gasteiger charge is 2.60. The molecule has 0 bridgehead atoms. The van der Waals surface area contributed by atoms with E-state index in [4.69, 9.17) is 0 Å². The van der Waals surface area contributed by atoms with Gasteiger partial charge in [0.1, 0.15) is 0 Å². The van der Waals surface area contributed by atoms with E-state index >= 15 is 0 Å². The number of hydrogen-bond acceptors (Lipinski definition) is 3. The Hall–Kier alpha value is -2.10. The Morgan fingerprint density at radius 2 is 1.87 bits per heavy atom. The first kappa shape index (κ1) is 20.8. The second-order valence-electron chi connectivity index (χ2n) is 11.2. The van der Waals surface area contributed by atoms with Gasteiger partial charge in [-0.25, -0.2) is 0 Å². The van der Waals surface area contributed by atoms with Crippen LogP contribution in [-0.2, 0) is 4.79 Å². The van der Waals surface area contributed by atoms with Gasteiger partial charge in [-0.05, 0) is 79.9 Å². The number of amides is 1. The second-order valence-corrected chi connectivity index (χ2v) is 11.2. The molecular weight excluding hydrogens is 384 g/mol. The van der Waals surface area contributed by atoms with E-state index in [9.17, 15) is 9.59 Å². The molecule has 31 heavy (non-hydrogen) atoms. The first-order chi connectivity index (χ1) is 14.7. The molecule has 0 spiro atoms. The van der Waals surface area contributed by atoms with Crippen molar-refractivity contribution in [2.24, 2.45) is 34.5 Å². The maximum Gasteiger partial charge on any atom is 0.243 e. The Balaban J connectivity index is 1.42. The highest BCUT2D eigenvalue weighted by atomic mass is 16.1. The first-order valence-corrected chi connectivity index (χ1v) is 12.1. The van der Waals surface area contributed by atoms with Gasteiger partial charge in [-0.2, -0.15) is 0 Å². The number of carbonyl (C=O) groups is 2. The SMILES string of the molecule is CN(C)c1cccc(C(=O)C2CC[C@H]3[C@@H]4CCC5NC(=O)C=C[C@]5(C)[C@@H]4CC[C@]23C)c1. The van der Waals surface area contributed by atoms with Gasteiger partial charge in [-0.1, -0.05) is 32.1 Å². The van der Waals surface area contributed by atoms with Gasteiger partial charge >= 0.3 is 0 Å². The minimum Gasteiger partial charge on any atom is -0.378 e. The molecule has 1 aromatic rings. The molecule has 3 fully saturated rings. The lowest BCUT2D eigenvalue weighted by Crippen LogP contribution is -2.59. The smallest absolute Gasteiger partial charge is 0.243 e. The van der Waals surface area contributed by atoms with E-state index in [-0.39, 0.29) is 28.7 Å². The lowest BCUT2D eigenvalue weighted by Gasteiger charge is -2.58. The van der Waals surface area contributed by atoms with Gasteiger partial charge in [0.2, 0.25) is 5.91 Å². The van der Waals surface area contributed by atoms with Crippen molar-refractivity contribution in [3.8, 4) is 0 Å². The molecule has 7 atom stereocenters. The molecule has 166 valence electrons. The van der Waals surface area contributed by atoms with Crippen LogP contribution < -0.4 is 10.2 Å². The molecule has 0 radical (unpaired) electrons. The van der Waals surface area contributed by atoms with Crippen molar-refractivity contribution in [1.29, 1.82) is 0 Å². The van der Waals surface area contributed by atoms with Crippen molar-refractivity contribution in [1.82, 2.24) is 5.32 Å². The summed E-state index contributed by atoms with van der Waals surface area (Å²) in [4.78, 5) is 27.7. The summed E-state index contributed by atoms with van der Waals surface area (Å²) in [6.07, 6.45) is 10.7. The summed E-state index contributed by atoms with van der Waals surface area (Å²) < 4.78 is 0. The zero-order valence-corrected chi connectivity index (χ0v) is 19.4.